The van der Waals surface area contributed by atoms with Crippen molar-refractivity contribution in [3.63, 3.8) is 0 Å². The summed E-state index contributed by atoms with van der Waals surface area (Å²) >= 11 is 0. The molecule has 0 rings (SSSR count). The molecule has 5 heavy (non-hydrogen) atoms. The Kier molecular flexibility index (Phi) is 199. The molecule has 0 aromatic carbocycles. The second kappa shape index (κ2) is 25.7. The van der Waals surface area contributed by atoms with Crippen molar-refractivity contribution in [1.82, 2.24) is 0 Å². The van der Waals surface area contributed by atoms with Crippen molar-refractivity contribution < 1.29 is 41.2 Å². The van der Waals surface area contributed by atoms with Gasteiger partial charge in [0, 0.05) is 41.2 Å². The zero-order chi connectivity index (χ0) is 0. The SMILES string of the molecule is [AlH3].[InH3].[SnH2].[Ti].[Zn]. The molecule has 0 fully saturated rings. The van der Waals surface area contributed by atoms with E-state index in [0.29, 0.717) is 0 Å². The molecule has 5 heteroatoms. The first kappa shape index (κ1) is 38.8. The van der Waals surface area contributed by atoms with Crippen LogP contribution in [-0.2, 0) is 41.2 Å². The molecule has 0 aromatic rings. The molecule has 0 spiro atoms. The van der Waals surface area contributed by atoms with Crippen LogP contribution in [0.2, 0.25) is 0 Å². The van der Waals surface area contributed by atoms with E-state index in [1.165, 1.54) is 0 Å². The standard InChI is InChI=1S/Al.In.Sn.Ti.Zn.8H. The summed E-state index contributed by atoms with van der Waals surface area (Å²) in [6.45, 7) is 0. The molecular formula is H8AlInSnTiZn. The average molecular weight is 382 g/mol. The van der Waals surface area contributed by atoms with Crippen molar-refractivity contribution in [2.24, 2.45) is 0 Å². The van der Waals surface area contributed by atoms with Crippen LogP contribution in [0.3, 0.4) is 0 Å². The van der Waals surface area contributed by atoms with Crippen molar-refractivity contribution >= 4 is 67.1 Å². The third-order valence-electron chi connectivity index (χ3n) is 0. The summed E-state index contributed by atoms with van der Waals surface area (Å²) in [5.74, 6) is 0. The van der Waals surface area contributed by atoms with E-state index < -0.39 is 0 Å². The fourth-order valence-corrected chi connectivity index (χ4v) is 0. The van der Waals surface area contributed by atoms with Gasteiger partial charge in [0.15, 0.2) is 17.4 Å². The van der Waals surface area contributed by atoms with Crippen LogP contribution in [0, 0.1) is 0 Å². The van der Waals surface area contributed by atoms with Gasteiger partial charge in [0.2, 0.25) is 0 Å². The van der Waals surface area contributed by atoms with E-state index in [1.807, 2.05) is 0 Å². The first-order valence-corrected chi connectivity index (χ1v) is 0. The van der Waals surface area contributed by atoms with Gasteiger partial charge >= 0.3 is 49.8 Å². The molecule has 0 heterocycles. The maximum atomic E-state index is 0. The van der Waals surface area contributed by atoms with Crippen molar-refractivity contribution in [3.05, 3.63) is 0 Å². The Morgan fingerprint density at radius 2 is 1.00 bits per heavy atom. The van der Waals surface area contributed by atoms with E-state index in [-0.39, 0.29) is 108 Å². The largest absolute Gasteiger partial charge is 0 e. The number of rotatable bonds is 0. The van der Waals surface area contributed by atoms with E-state index in [2.05, 4.69) is 0 Å². The van der Waals surface area contributed by atoms with Crippen LogP contribution < -0.4 is 0 Å². The molecule has 0 nitrogen and oxygen atoms in total. The molecule has 0 saturated heterocycles. The van der Waals surface area contributed by atoms with Gasteiger partial charge in [-0.1, -0.05) is 0 Å². The molecule has 0 aromatic heterocycles. The fourth-order valence-electron chi connectivity index (χ4n) is 0. The third kappa shape index (κ3) is 18.5. The van der Waals surface area contributed by atoms with Crippen molar-refractivity contribution in [2.45, 2.75) is 0 Å². The minimum Gasteiger partial charge on any atom is 0 e. The van der Waals surface area contributed by atoms with Crippen LogP contribution >= 0.6 is 0 Å². The van der Waals surface area contributed by atoms with Crippen molar-refractivity contribution in [1.29, 1.82) is 0 Å². The normalized spacial score (nSPS) is 0. The minimum atomic E-state index is 0. The maximum Gasteiger partial charge on any atom is 0 e. The van der Waals surface area contributed by atoms with Gasteiger partial charge in [-0.3, -0.25) is 0 Å². The number of hydrogen-bond acceptors (Lipinski definition) is 0. The first-order valence-electron chi connectivity index (χ1n) is 0. The first-order chi connectivity index (χ1) is 0. The summed E-state index contributed by atoms with van der Waals surface area (Å²) < 4.78 is 0. The van der Waals surface area contributed by atoms with Gasteiger partial charge in [0.25, 0.3) is 0 Å². The Morgan fingerprint density at radius 3 is 1.00 bits per heavy atom. The molecule has 24 valence electrons. The smallest absolute Gasteiger partial charge is 0 e. The summed E-state index contributed by atoms with van der Waals surface area (Å²) in [7, 11) is 0. The Hall–Kier alpha value is 3.54. The molecule has 0 atom stereocenters. The Labute approximate surface area is 106 Å². The van der Waals surface area contributed by atoms with E-state index in [0.717, 1.165) is 0 Å². The monoisotopic (exact) mass is 382 g/mol. The van der Waals surface area contributed by atoms with Gasteiger partial charge < -0.3 is 0 Å². The van der Waals surface area contributed by atoms with Gasteiger partial charge in [-0.15, -0.1) is 0 Å². The Morgan fingerprint density at radius 1 is 1.00 bits per heavy atom. The molecule has 0 aliphatic rings. The van der Waals surface area contributed by atoms with Gasteiger partial charge in [-0.2, -0.15) is 0 Å². The van der Waals surface area contributed by atoms with Crippen molar-refractivity contribution in [3.8, 4) is 0 Å². The zero-order valence-electron chi connectivity index (χ0n) is 1.91. The molecule has 2 radical (unpaired) electrons. The summed E-state index contributed by atoms with van der Waals surface area (Å²) in [6.07, 6.45) is 0. The molecule has 0 aliphatic carbocycles. The zero-order valence-corrected chi connectivity index (χ0v) is 10.5. The van der Waals surface area contributed by atoms with Crippen LogP contribution in [0.15, 0.2) is 0 Å². The van der Waals surface area contributed by atoms with E-state index in [1.54, 1.807) is 0 Å². The summed E-state index contributed by atoms with van der Waals surface area (Å²) in [5.41, 5.74) is 0. The average Bonchev–Trinajstić information content (AvgIpc) is 0. The predicted octanol–water partition coefficient (Wildman–Crippen LogP) is -3.29. The molecule has 0 N–H and O–H groups in total. The third-order valence-corrected chi connectivity index (χ3v) is 0. The predicted molar refractivity (Wildman–Crippen MR) is 28.4 cm³/mol. The Balaban J connectivity index is 0. The van der Waals surface area contributed by atoms with Crippen LogP contribution in [0.4, 0.5) is 0 Å². The van der Waals surface area contributed by atoms with E-state index in [9.17, 15) is 0 Å². The number of hydrogen-bond donors (Lipinski definition) is 0. The molecule has 0 bridgehead atoms. The van der Waals surface area contributed by atoms with Crippen LogP contribution in [0.1, 0.15) is 0 Å². The molecule has 0 saturated carbocycles. The maximum absolute atomic E-state index is 0. The quantitative estimate of drug-likeness (QED) is 0.386. The topological polar surface area (TPSA) is 0 Å². The van der Waals surface area contributed by atoms with Gasteiger partial charge in [-0.05, 0) is 0 Å². The molecular weight excluding hydrogens is 374 g/mol. The van der Waals surface area contributed by atoms with Gasteiger partial charge in [0.1, 0.15) is 0 Å². The van der Waals surface area contributed by atoms with Gasteiger partial charge in [-0.25, -0.2) is 0 Å². The second-order valence-corrected chi connectivity index (χ2v) is 0. The molecule has 0 amide bonds. The summed E-state index contributed by atoms with van der Waals surface area (Å²) in [4.78, 5) is 0. The molecule has 0 unspecified atom stereocenters. The van der Waals surface area contributed by atoms with Crippen LogP contribution in [-0.4, -0.2) is 67.1 Å². The summed E-state index contributed by atoms with van der Waals surface area (Å²) in [5, 5.41) is 0. The minimum absolute atomic E-state index is 0. The Bertz CT molecular complexity index is 11.6. The van der Waals surface area contributed by atoms with Crippen molar-refractivity contribution in [2.75, 3.05) is 0 Å². The van der Waals surface area contributed by atoms with E-state index >= 15 is 0 Å². The molecule has 0 aliphatic heterocycles. The van der Waals surface area contributed by atoms with E-state index in [4.69, 9.17) is 0 Å². The van der Waals surface area contributed by atoms with Gasteiger partial charge in [0.05, 0.1) is 0 Å². The second-order valence-electron chi connectivity index (χ2n) is 0. The fraction of sp³-hybridized carbons (Fsp3) is 0. The van der Waals surface area contributed by atoms with Crippen LogP contribution in [0.25, 0.3) is 0 Å². The van der Waals surface area contributed by atoms with Crippen LogP contribution in [0.5, 0.6) is 0 Å². The summed E-state index contributed by atoms with van der Waals surface area (Å²) in [6, 6.07) is 0.